The smallest absolute Gasteiger partial charge is 0.241 e. The Balaban J connectivity index is 1.36. The fourth-order valence-electron chi connectivity index (χ4n) is 4.09. The van der Waals surface area contributed by atoms with Gasteiger partial charge < -0.3 is 9.80 Å². The van der Waals surface area contributed by atoms with E-state index in [1.54, 1.807) is 6.92 Å². The van der Waals surface area contributed by atoms with Gasteiger partial charge in [0.2, 0.25) is 5.91 Å². The number of thioether (sulfide) groups is 1. The molecule has 158 valence electrons. The molecule has 2 aromatic carbocycles. The summed E-state index contributed by atoms with van der Waals surface area (Å²) in [6.07, 6.45) is 1.01. The lowest BCUT2D eigenvalue weighted by molar-refractivity contribution is -0.119. The normalized spacial score (nSPS) is 19.9. The Morgan fingerprint density at radius 2 is 1.67 bits per heavy atom. The number of Topliss-reactive ketones (excluding diaryl/α,β-unsaturated/α-hetero) is 1. The fourth-order valence-corrected chi connectivity index (χ4v) is 5.21. The van der Waals surface area contributed by atoms with E-state index in [9.17, 15) is 9.59 Å². The van der Waals surface area contributed by atoms with Crippen LogP contribution in [0.2, 0.25) is 0 Å². The molecular weight excluding hydrogens is 394 g/mol. The van der Waals surface area contributed by atoms with Crippen molar-refractivity contribution in [1.29, 1.82) is 0 Å². The van der Waals surface area contributed by atoms with E-state index in [0.29, 0.717) is 11.8 Å². The SMILES string of the molecule is CC(=O)c1ccc(N2CCN(CC(=O)N3CCC(C)Sc4ccccc43)CC2)cc1. The van der Waals surface area contributed by atoms with Gasteiger partial charge in [-0.2, -0.15) is 0 Å². The van der Waals surface area contributed by atoms with Crippen LogP contribution in [0.3, 0.4) is 0 Å². The van der Waals surface area contributed by atoms with Crippen LogP contribution in [0.15, 0.2) is 53.4 Å². The number of rotatable bonds is 4. The zero-order valence-electron chi connectivity index (χ0n) is 17.7. The highest BCUT2D eigenvalue weighted by Gasteiger charge is 2.26. The van der Waals surface area contributed by atoms with Gasteiger partial charge in [0.25, 0.3) is 0 Å². The number of ketones is 1. The molecule has 2 aliphatic rings. The van der Waals surface area contributed by atoms with Crippen LogP contribution >= 0.6 is 11.8 Å². The van der Waals surface area contributed by atoms with Crippen molar-refractivity contribution < 1.29 is 9.59 Å². The third kappa shape index (κ3) is 4.71. The van der Waals surface area contributed by atoms with Crippen LogP contribution in [0.25, 0.3) is 0 Å². The van der Waals surface area contributed by atoms with Crippen molar-refractivity contribution in [1.82, 2.24) is 4.90 Å². The first kappa shape index (κ1) is 20.9. The summed E-state index contributed by atoms with van der Waals surface area (Å²) in [7, 11) is 0. The summed E-state index contributed by atoms with van der Waals surface area (Å²) in [6.45, 7) is 8.56. The lowest BCUT2D eigenvalue weighted by Gasteiger charge is -2.36. The Morgan fingerprint density at radius 1 is 0.967 bits per heavy atom. The Labute approximate surface area is 183 Å². The number of carbonyl (C=O) groups excluding carboxylic acids is 2. The molecule has 6 heteroatoms. The molecule has 2 heterocycles. The highest BCUT2D eigenvalue weighted by molar-refractivity contribution is 8.00. The molecule has 5 nitrogen and oxygen atoms in total. The zero-order valence-corrected chi connectivity index (χ0v) is 18.5. The summed E-state index contributed by atoms with van der Waals surface area (Å²) in [5.41, 5.74) is 2.94. The molecule has 0 aromatic heterocycles. The predicted molar refractivity (Wildman–Crippen MR) is 124 cm³/mol. The second-order valence-corrected chi connectivity index (χ2v) is 9.58. The molecule has 0 saturated carbocycles. The van der Waals surface area contributed by atoms with Crippen LogP contribution in [0.1, 0.15) is 30.6 Å². The van der Waals surface area contributed by atoms with Gasteiger partial charge in [-0.15, -0.1) is 11.8 Å². The Morgan fingerprint density at radius 3 is 2.37 bits per heavy atom. The van der Waals surface area contributed by atoms with Gasteiger partial charge in [-0.25, -0.2) is 0 Å². The summed E-state index contributed by atoms with van der Waals surface area (Å²) >= 11 is 1.87. The number of amides is 1. The molecule has 1 saturated heterocycles. The van der Waals surface area contributed by atoms with E-state index < -0.39 is 0 Å². The maximum Gasteiger partial charge on any atom is 0.241 e. The summed E-state index contributed by atoms with van der Waals surface area (Å²) in [4.78, 5) is 32.4. The summed E-state index contributed by atoms with van der Waals surface area (Å²) in [5.74, 6) is 0.282. The molecule has 30 heavy (non-hydrogen) atoms. The van der Waals surface area contributed by atoms with Crippen molar-refractivity contribution in [3.8, 4) is 0 Å². The summed E-state index contributed by atoms with van der Waals surface area (Å²) in [5, 5.41) is 0.516. The van der Waals surface area contributed by atoms with Crippen LogP contribution < -0.4 is 9.80 Å². The van der Waals surface area contributed by atoms with Crippen LogP contribution in [-0.2, 0) is 4.79 Å². The number of fused-ring (bicyclic) bond motifs is 1. The molecule has 0 aliphatic carbocycles. The van der Waals surface area contributed by atoms with E-state index in [2.05, 4.69) is 34.9 Å². The van der Waals surface area contributed by atoms with Crippen LogP contribution in [-0.4, -0.2) is 61.1 Å². The molecule has 2 aliphatic heterocycles. The highest BCUT2D eigenvalue weighted by Crippen LogP contribution is 2.37. The van der Waals surface area contributed by atoms with Crippen LogP contribution in [0.4, 0.5) is 11.4 Å². The van der Waals surface area contributed by atoms with Crippen molar-refractivity contribution >= 4 is 34.8 Å². The first-order valence-electron chi connectivity index (χ1n) is 10.7. The van der Waals surface area contributed by atoms with E-state index in [4.69, 9.17) is 0 Å². The molecule has 4 rings (SSSR count). The number of piperazine rings is 1. The van der Waals surface area contributed by atoms with Crippen molar-refractivity contribution in [2.45, 2.75) is 30.4 Å². The number of nitrogens with zero attached hydrogens (tertiary/aromatic N) is 3. The van der Waals surface area contributed by atoms with Crippen molar-refractivity contribution in [2.24, 2.45) is 0 Å². The van der Waals surface area contributed by atoms with Crippen molar-refractivity contribution in [3.05, 3.63) is 54.1 Å². The average molecular weight is 424 g/mol. The number of hydrogen-bond acceptors (Lipinski definition) is 5. The topological polar surface area (TPSA) is 43.9 Å². The van der Waals surface area contributed by atoms with Gasteiger partial charge in [0.05, 0.1) is 12.2 Å². The van der Waals surface area contributed by atoms with Gasteiger partial charge in [0, 0.05) is 54.1 Å². The van der Waals surface area contributed by atoms with E-state index >= 15 is 0 Å². The van der Waals surface area contributed by atoms with Gasteiger partial charge in [-0.05, 0) is 49.7 Å². The minimum atomic E-state index is 0.0905. The zero-order chi connectivity index (χ0) is 21.1. The molecule has 0 N–H and O–H groups in total. The number of hydrogen-bond donors (Lipinski definition) is 0. The highest BCUT2D eigenvalue weighted by atomic mass is 32.2. The van der Waals surface area contributed by atoms with E-state index in [-0.39, 0.29) is 11.7 Å². The number of para-hydroxylation sites is 1. The second-order valence-electron chi connectivity index (χ2n) is 8.10. The Kier molecular flexibility index (Phi) is 6.44. The average Bonchev–Trinajstić information content (AvgIpc) is 2.92. The standard InChI is InChI=1S/C24H29N3O2S/c1-18-11-12-27(22-5-3-4-6-23(22)30-18)24(29)17-25-13-15-26(16-14-25)21-9-7-20(8-10-21)19(2)28/h3-10,18H,11-17H2,1-2H3. The predicted octanol–water partition coefficient (Wildman–Crippen LogP) is 3.93. The molecule has 1 fully saturated rings. The van der Waals surface area contributed by atoms with Crippen molar-refractivity contribution in [3.63, 3.8) is 0 Å². The third-order valence-corrected chi connectivity index (χ3v) is 7.15. The van der Waals surface area contributed by atoms with Crippen LogP contribution in [0, 0.1) is 0 Å². The minimum Gasteiger partial charge on any atom is -0.369 e. The van der Waals surface area contributed by atoms with Crippen molar-refractivity contribution in [2.75, 3.05) is 49.1 Å². The maximum absolute atomic E-state index is 13.2. The van der Waals surface area contributed by atoms with E-state index in [0.717, 1.165) is 56.1 Å². The first-order valence-corrected chi connectivity index (χ1v) is 11.5. The van der Waals surface area contributed by atoms with Crippen LogP contribution in [0.5, 0.6) is 0 Å². The lowest BCUT2D eigenvalue weighted by atomic mass is 10.1. The molecule has 1 atom stereocenters. The third-order valence-electron chi connectivity index (χ3n) is 5.91. The fraction of sp³-hybridized carbons (Fsp3) is 0.417. The number of anilines is 2. The maximum atomic E-state index is 13.2. The molecule has 0 bridgehead atoms. The molecule has 1 unspecified atom stereocenters. The second kappa shape index (κ2) is 9.23. The monoisotopic (exact) mass is 423 g/mol. The summed E-state index contributed by atoms with van der Waals surface area (Å²) < 4.78 is 0. The molecule has 1 amide bonds. The first-order chi connectivity index (χ1) is 14.5. The quantitative estimate of drug-likeness (QED) is 0.697. The largest absolute Gasteiger partial charge is 0.369 e. The van der Waals surface area contributed by atoms with Gasteiger partial charge in [-0.1, -0.05) is 19.1 Å². The molecule has 0 radical (unpaired) electrons. The van der Waals surface area contributed by atoms with Gasteiger partial charge in [0.15, 0.2) is 5.78 Å². The number of carbonyl (C=O) groups is 2. The number of benzene rings is 2. The molecule has 2 aromatic rings. The minimum absolute atomic E-state index is 0.0905. The lowest BCUT2D eigenvalue weighted by Crippen LogP contribution is -2.50. The van der Waals surface area contributed by atoms with Gasteiger partial charge >= 0.3 is 0 Å². The Bertz CT molecular complexity index is 907. The van der Waals surface area contributed by atoms with E-state index in [1.165, 1.54) is 4.90 Å². The Hall–Kier alpha value is -2.31. The van der Waals surface area contributed by atoms with Gasteiger partial charge in [-0.3, -0.25) is 14.5 Å². The summed E-state index contributed by atoms with van der Waals surface area (Å²) in [6, 6.07) is 16.1. The molecule has 0 spiro atoms. The molecular formula is C24H29N3O2S. The van der Waals surface area contributed by atoms with E-state index in [1.807, 2.05) is 47.0 Å². The van der Waals surface area contributed by atoms with Gasteiger partial charge in [0.1, 0.15) is 0 Å².